The van der Waals surface area contributed by atoms with Crippen molar-refractivity contribution in [2.75, 3.05) is 0 Å². The molecule has 1 atom stereocenters. The van der Waals surface area contributed by atoms with Crippen molar-refractivity contribution in [1.82, 2.24) is 5.32 Å². The van der Waals surface area contributed by atoms with Crippen molar-refractivity contribution in [3.8, 4) is 0 Å². The van der Waals surface area contributed by atoms with Gasteiger partial charge >= 0.3 is 0 Å². The molecule has 18 heavy (non-hydrogen) atoms. The number of amides is 1. The van der Waals surface area contributed by atoms with Crippen LogP contribution in [-0.2, 0) is 0 Å². The highest BCUT2D eigenvalue weighted by molar-refractivity contribution is 9.10. The molecule has 0 bridgehead atoms. The van der Waals surface area contributed by atoms with Gasteiger partial charge in [-0.15, -0.1) is 0 Å². The van der Waals surface area contributed by atoms with Crippen molar-refractivity contribution >= 4 is 50.6 Å². The molecule has 1 unspecified atom stereocenters. The van der Waals surface area contributed by atoms with Gasteiger partial charge in [0.05, 0.1) is 16.1 Å². The highest BCUT2D eigenvalue weighted by Crippen LogP contribution is 2.23. The molecule has 0 fully saturated rings. The second-order valence-corrected chi connectivity index (χ2v) is 5.58. The van der Waals surface area contributed by atoms with Gasteiger partial charge in [-0.3, -0.25) is 4.79 Å². The van der Waals surface area contributed by atoms with E-state index in [1.54, 1.807) is 18.2 Å². The normalized spacial score (nSPS) is 11.9. The molecule has 1 aromatic carbocycles. The minimum Gasteiger partial charge on any atom is -0.392 e. The first-order chi connectivity index (χ1) is 8.45. The predicted octanol–water partition coefficient (Wildman–Crippen LogP) is 3.29. The van der Waals surface area contributed by atoms with E-state index in [9.17, 15) is 4.79 Å². The Balaban J connectivity index is 2.80. The van der Waals surface area contributed by atoms with E-state index in [0.29, 0.717) is 20.0 Å². The second kappa shape index (κ2) is 7.07. The lowest BCUT2D eigenvalue weighted by atomic mass is 10.1. The summed E-state index contributed by atoms with van der Waals surface area (Å²) in [5, 5.41) is 3.37. The van der Waals surface area contributed by atoms with Gasteiger partial charge in [0.2, 0.25) is 0 Å². The van der Waals surface area contributed by atoms with E-state index in [4.69, 9.17) is 29.6 Å². The minimum atomic E-state index is -0.271. The second-order valence-electron chi connectivity index (χ2n) is 3.85. The number of hydrogen-bond acceptors (Lipinski definition) is 2. The van der Waals surface area contributed by atoms with Crippen LogP contribution in [0.15, 0.2) is 22.7 Å². The van der Waals surface area contributed by atoms with Gasteiger partial charge in [0.25, 0.3) is 5.91 Å². The van der Waals surface area contributed by atoms with Gasteiger partial charge in [-0.05, 0) is 40.5 Å². The molecule has 1 amide bonds. The third-order valence-corrected chi connectivity index (χ3v) is 3.91. The smallest absolute Gasteiger partial charge is 0.251 e. The lowest BCUT2D eigenvalue weighted by Gasteiger charge is -2.16. The van der Waals surface area contributed by atoms with Crippen LogP contribution in [0.3, 0.4) is 0 Å². The lowest BCUT2D eigenvalue weighted by molar-refractivity contribution is 0.0945. The maximum absolute atomic E-state index is 12.0. The zero-order chi connectivity index (χ0) is 13.7. The number of hydrogen-bond donors (Lipinski definition) is 2. The molecule has 0 spiro atoms. The van der Waals surface area contributed by atoms with E-state index in [-0.39, 0.29) is 11.9 Å². The van der Waals surface area contributed by atoms with Crippen LogP contribution in [0, 0.1) is 0 Å². The Kier molecular flexibility index (Phi) is 6.05. The summed E-state index contributed by atoms with van der Waals surface area (Å²) in [4.78, 5) is 12.3. The summed E-state index contributed by atoms with van der Waals surface area (Å²) in [6, 6.07) is 4.72. The van der Waals surface area contributed by atoms with Gasteiger partial charge in [-0.1, -0.05) is 37.2 Å². The molecule has 0 heterocycles. The summed E-state index contributed by atoms with van der Waals surface area (Å²) in [6.07, 6.45) is 1.63. The Hall–Kier alpha value is -0.650. The summed E-state index contributed by atoms with van der Waals surface area (Å²) >= 11 is 14.1. The Labute approximate surface area is 125 Å². The van der Waals surface area contributed by atoms with Gasteiger partial charge in [0, 0.05) is 10.0 Å². The molecule has 3 nitrogen and oxygen atoms in total. The third kappa shape index (κ3) is 4.23. The van der Waals surface area contributed by atoms with E-state index in [1.807, 2.05) is 6.92 Å². The molecular formula is C12H14BrClN2OS. The average Bonchev–Trinajstić information content (AvgIpc) is 2.31. The van der Waals surface area contributed by atoms with Crippen LogP contribution in [0.25, 0.3) is 0 Å². The molecule has 6 heteroatoms. The van der Waals surface area contributed by atoms with E-state index in [0.717, 1.165) is 12.8 Å². The van der Waals surface area contributed by atoms with Crippen molar-refractivity contribution in [2.24, 2.45) is 5.73 Å². The number of halogens is 2. The topological polar surface area (TPSA) is 55.1 Å². The van der Waals surface area contributed by atoms with Crippen LogP contribution in [0.2, 0.25) is 5.02 Å². The van der Waals surface area contributed by atoms with Crippen molar-refractivity contribution in [3.63, 3.8) is 0 Å². The van der Waals surface area contributed by atoms with Crippen molar-refractivity contribution in [2.45, 2.75) is 25.8 Å². The number of carbonyl (C=O) groups excluding carboxylic acids is 1. The first-order valence-corrected chi connectivity index (χ1v) is 7.08. The molecule has 0 aliphatic heterocycles. The SMILES string of the molecule is CCCC(NC(=O)c1ccc(Cl)c(Br)c1)C(N)=S. The Morgan fingerprint density at radius 3 is 2.78 bits per heavy atom. The maximum atomic E-state index is 12.0. The summed E-state index contributed by atoms with van der Waals surface area (Å²) in [5.41, 5.74) is 6.11. The van der Waals surface area contributed by atoms with Crippen molar-refractivity contribution in [1.29, 1.82) is 0 Å². The molecule has 1 rings (SSSR count). The highest BCUT2D eigenvalue weighted by atomic mass is 79.9. The lowest BCUT2D eigenvalue weighted by Crippen LogP contribution is -2.43. The van der Waals surface area contributed by atoms with Gasteiger partial charge in [-0.2, -0.15) is 0 Å². The van der Waals surface area contributed by atoms with Crippen LogP contribution in [0.4, 0.5) is 0 Å². The standard InChI is InChI=1S/C12H14BrClN2OS/c1-2-3-10(11(15)18)16-12(17)7-4-5-9(14)8(13)6-7/h4-6,10H,2-3H2,1H3,(H2,15,18)(H,16,17). The van der Waals surface area contributed by atoms with E-state index >= 15 is 0 Å². The minimum absolute atomic E-state index is 0.210. The predicted molar refractivity (Wildman–Crippen MR) is 82.1 cm³/mol. The molecule has 98 valence electrons. The van der Waals surface area contributed by atoms with Gasteiger partial charge in [0.1, 0.15) is 0 Å². The molecular weight excluding hydrogens is 336 g/mol. The fourth-order valence-electron chi connectivity index (χ4n) is 1.45. The first kappa shape index (κ1) is 15.4. The van der Waals surface area contributed by atoms with Crippen LogP contribution in [-0.4, -0.2) is 16.9 Å². The number of rotatable bonds is 5. The zero-order valence-electron chi connectivity index (χ0n) is 9.87. The number of thiocarbonyl (C=S) groups is 1. The monoisotopic (exact) mass is 348 g/mol. The number of benzene rings is 1. The molecule has 3 N–H and O–H groups in total. The Bertz CT molecular complexity index is 467. The number of nitrogens with one attached hydrogen (secondary N) is 1. The molecule has 0 aliphatic rings. The molecule has 0 saturated carbocycles. The first-order valence-electron chi connectivity index (χ1n) is 5.51. The fourth-order valence-corrected chi connectivity index (χ4v) is 2.13. The van der Waals surface area contributed by atoms with Crippen molar-refractivity contribution < 1.29 is 4.79 Å². The highest BCUT2D eigenvalue weighted by Gasteiger charge is 2.15. The van der Waals surface area contributed by atoms with Crippen LogP contribution in [0.1, 0.15) is 30.1 Å². The molecule has 0 aromatic heterocycles. The number of carbonyl (C=O) groups is 1. The molecule has 1 aromatic rings. The number of nitrogens with two attached hydrogens (primary N) is 1. The van der Waals surface area contributed by atoms with Crippen LogP contribution < -0.4 is 11.1 Å². The quantitative estimate of drug-likeness (QED) is 0.802. The molecule has 0 saturated heterocycles. The Morgan fingerprint density at radius 2 is 2.28 bits per heavy atom. The van der Waals surface area contributed by atoms with Gasteiger partial charge in [-0.25, -0.2) is 0 Å². The average molecular weight is 350 g/mol. The van der Waals surface area contributed by atoms with Crippen LogP contribution in [0.5, 0.6) is 0 Å². The summed E-state index contributed by atoms with van der Waals surface area (Å²) in [5.74, 6) is -0.210. The molecule has 0 radical (unpaired) electrons. The third-order valence-electron chi connectivity index (χ3n) is 2.41. The summed E-state index contributed by atoms with van der Waals surface area (Å²) < 4.78 is 0.680. The maximum Gasteiger partial charge on any atom is 0.251 e. The molecule has 0 aliphatic carbocycles. The van der Waals surface area contributed by atoms with E-state index < -0.39 is 0 Å². The summed E-state index contributed by atoms with van der Waals surface area (Å²) in [6.45, 7) is 2.01. The van der Waals surface area contributed by atoms with Crippen molar-refractivity contribution in [3.05, 3.63) is 33.3 Å². The summed E-state index contributed by atoms with van der Waals surface area (Å²) in [7, 11) is 0. The Morgan fingerprint density at radius 1 is 1.61 bits per heavy atom. The van der Waals surface area contributed by atoms with Gasteiger partial charge in [0.15, 0.2) is 0 Å². The van der Waals surface area contributed by atoms with Crippen LogP contribution >= 0.6 is 39.7 Å². The zero-order valence-corrected chi connectivity index (χ0v) is 13.0. The largest absolute Gasteiger partial charge is 0.392 e. The fraction of sp³-hybridized carbons (Fsp3) is 0.333. The van der Waals surface area contributed by atoms with E-state index in [1.165, 1.54) is 0 Å². The van der Waals surface area contributed by atoms with Gasteiger partial charge < -0.3 is 11.1 Å². The van der Waals surface area contributed by atoms with E-state index in [2.05, 4.69) is 21.2 Å².